The Hall–Kier alpha value is -2.73. The number of amides is 1. The third-order valence-electron chi connectivity index (χ3n) is 3.00. The predicted molar refractivity (Wildman–Crippen MR) is 87.2 cm³/mol. The molecule has 1 aromatic carbocycles. The highest BCUT2D eigenvalue weighted by Crippen LogP contribution is 2.19. The molecule has 3 aromatic rings. The summed E-state index contributed by atoms with van der Waals surface area (Å²) in [4.78, 5) is 16.7. The number of hydrogen-bond acceptors (Lipinski definition) is 4. The number of benzene rings is 1. The molecule has 0 fully saturated rings. The number of pyridine rings is 1. The molecule has 2 heterocycles. The van der Waals surface area contributed by atoms with E-state index in [0.29, 0.717) is 23.1 Å². The van der Waals surface area contributed by atoms with Gasteiger partial charge in [-0.25, -0.2) is 9.37 Å². The summed E-state index contributed by atoms with van der Waals surface area (Å²) < 4.78 is 18.4. The number of ether oxygens (including phenoxy) is 1. The van der Waals surface area contributed by atoms with E-state index in [1.54, 1.807) is 42.6 Å². The average Bonchev–Trinajstić information content (AvgIpc) is 3.04. The first-order chi connectivity index (χ1) is 11.2. The Bertz CT molecular complexity index is 788. The Morgan fingerprint density at radius 1 is 1.22 bits per heavy atom. The van der Waals surface area contributed by atoms with Crippen LogP contribution in [-0.2, 0) is 6.61 Å². The summed E-state index contributed by atoms with van der Waals surface area (Å²) in [5.74, 6) is 0.579. The monoisotopic (exact) mass is 328 g/mol. The maximum Gasteiger partial charge on any atom is 0.266 e. The second-order valence-electron chi connectivity index (χ2n) is 4.73. The molecule has 6 heteroatoms. The van der Waals surface area contributed by atoms with Crippen LogP contribution in [0, 0.1) is 5.82 Å². The lowest BCUT2D eigenvalue weighted by Crippen LogP contribution is -2.11. The number of carbonyl (C=O) groups excluding carboxylic acids is 1. The van der Waals surface area contributed by atoms with Crippen LogP contribution in [0.5, 0.6) is 5.75 Å². The number of thiophene rings is 1. The first-order valence-electron chi connectivity index (χ1n) is 6.89. The van der Waals surface area contributed by atoms with Crippen molar-refractivity contribution in [3.63, 3.8) is 0 Å². The zero-order valence-corrected chi connectivity index (χ0v) is 12.8. The van der Waals surface area contributed by atoms with E-state index in [0.717, 1.165) is 5.56 Å². The van der Waals surface area contributed by atoms with Crippen molar-refractivity contribution in [1.29, 1.82) is 0 Å². The van der Waals surface area contributed by atoms with Crippen LogP contribution in [0.2, 0.25) is 0 Å². The first kappa shape index (κ1) is 15.2. The van der Waals surface area contributed by atoms with E-state index in [2.05, 4.69) is 10.3 Å². The highest BCUT2D eigenvalue weighted by atomic mass is 32.1. The Morgan fingerprint density at radius 2 is 2.04 bits per heavy atom. The number of nitrogens with zero attached hydrogens (tertiary/aromatic N) is 1. The minimum atomic E-state index is -0.304. The van der Waals surface area contributed by atoms with Gasteiger partial charge in [-0.15, -0.1) is 11.3 Å². The summed E-state index contributed by atoms with van der Waals surface area (Å²) in [6, 6.07) is 12.9. The van der Waals surface area contributed by atoms with Crippen molar-refractivity contribution in [2.24, 2.45) is 0 Å². The Labute approximate surface area is 136 Å². The van der Waals surface area contributed by atoms with Crippen LogP contribution in [0.25, 0.3) is 0 Å². The summed E-state index contributed by atoms with van der Waals surface area (Å²) >= 11 is 1.33. The van der Waals surface area contributed by atoms with E-state index in [4.69, 9.17) is 4.74 Å². The second kappa shape index (κ2) is 7.02. The molecule has 4 nitrogen and oxygen atoms in total. The van der Waals surface area contributed by atoms with Crippen LogP contribution in [-0.4, -0.2) is 10.9 Å². The zero-order valence-electron chi connectivity index (χ0n) is 12.0. The summed E-state index contributed by atoms with van der Waals surface area (Å²) in [7, 11) is 0. The molecule has 1 amide bonds. The molecule has 0 spiro atoms. The van der Waals surface area contributed by atoms with Gasteiger partial charge in [-0.05, 0) is 47.8 Å². The van der Waals surface area contributed by atoms with Gasteiger partial charge in [0.25, 0.3) is 5.91 Å². The van der Waals surface area contributed by atoms with Gasteiger partial charge in [0, 0.05) is 11.8 Å². The highest BCUT2D eigenvalue weighted by molar-refractivity contribution is 7.12. The molecule has 0 bridgehead atoms. The third-order valence-corrected chi connectivity index (χ3v) is 3.98. The van der Waals surface area contributed by atoms with Crippen LogP contribution in [0.15, 0.2) is 60.1 Å². The van der Waals surface area contributed by atoms with Crippen LogP contribution in [0.3, 0.4) is 0 Å². The fraction of sp³-hybridized carbons (Fsp3) is 0.0588. The number of rotatable bonds is 5. The zero-order chi connectivity index (χ0) is 16.1. The standard InChI is InChI=1S/C17H13FN2O2S/c18-13-4-6-14(7-5-13)22-10-12-9-15(23-11-12)17(21)20-16-3-1-2-8-19-16/h1-9,11H,10H2,(H,19,20,21). The lowest BCUT2D eigenvalue weighted by molar-refractivity contribution is 0.103. The van der Waals surface area contributed by atoms with Gasteiger partial charge in [-0.2, -0.15) is 0 Å². The van der Waals surface area contributed by atoms with Crippen LogP contribution < -0.4 is 10.1 Å². The lowest BCUT2D eigenvalue weighted by Gasteiger charge is -2.04. The lowest BCUT2D eigenvalue weighted by atomic mass is 10.3. The van der Waals surface area contributed by atoms with E-state index < -0.39 is 0 Å². The van der Waals surface area contributed by atoms with Gasteiger partial charge in [-0.1, -0.05) is 6.07 Å². The molecule has 0 atom stereocenters. The van der Waals surface area contributed by atoms with Crippen LogP contribution in [0.1, 0.15) is 15.2 Å². The molecule has 2 aromatic heterocycles. The van der Waals surface area contributed by atoms with Gasteiger partial charge in [0.15, 0.2) is 0 Å². The van der Waals surface area contributed by atoms with Crippen LogP contribution in [0.4, 0.5) is 10.2 Å². The Morgan fingerprint density at radius 3 is 2.78 bits per heavy atom. The quantitative estimate of drug-likeness (QED) is 0.767. The molecule has 0 aliphatic heterocycles. The molecule has 23 heavy (non-hydrogen) atoms. The molecule has 3 rings (SSSR count). The van der Waals surface area contributed by atoms with Crippen molar-refractivity contribution < 1.29 is 13.9 Å². The van der Waals surface area contributed by atoms with Crippen molar-refractivity contribution in [3.8, 4) is 5.75 Å². The van der Waals surface area contributed by atoms with E-state index >= 15 is 0 Å². The number of anilines is 1. The average molecular weight is 328 g/mol. The Kier molecular flexibility index (Phi) is 4.63. The van der Waals surface area contributed by atoms with Gasteiger partial charge in [0.05, 0.1) is 4.88 Å². The van der Waals surface area contributed by atoms with Crippen molar-refractivity contribution in [2.45, 2.75) is 6.61 Å². The van der Waals surface area contributed by atoms with E-state index in [9.17, 15) is 9.18 Å². The van der Waals surface area contributed by atoms with Crippen molar-refractivity contribution in [3.05, 3.63) is 76.4 Å². The summed E-state index contributed by atoms with van der Waals surface area (Å²) in [6.45, 7) is 0.318. The van der Waals surface area contributed by atoms with Gasteiger partial charge in [0.1, 0.15) is 24.0 Å². The number of hydrogen-bond donors (Lipinski definition) is 1. The van der Waals surface area contributed by atoms with Gasteiger partial charge in [-0.3, -0.25) is 4.79 Å². The molecule has 1 N–H and O–H groups in total. The minimum absolute atomic E-state index is 0.207. The van der Waals surface area contributed by atoms with Gasteiger partial charge >= 0.3 is 0 Å². The Balaban J connectivity index is 1.59. The minimum Gasteiger partial charge on any atom is -0.489 e. The smallest absolute Gasteiger partial charge is 0.266 e. The van der Waals surface area contributed by atoms with E-state index in [-0.39, 0.29) is 11.7 Å². The highest BCUT2D eigenvalue weighted by Gasteiger charge is 2.10. The first-order valence-corrected chi connectivity index (χ1v) is 7.77. The predicted octanol–water partition coefficient (Wildman–Crippen LogP) is 4.11. The van der Waals surface area contributed by atoms with Crippen molar-refractivity contribution in [2.75, 3.05) is 5.32 Å². The maximum atomic E-state index is 12.8. The molecule has 0 unspecified atom stereocenters. The molecular weight excluding hydrogens is 315 g/mol. The molecular formula is C17H13FN2O2S. The third kappa shape index (κ3) is 4.14. The molecule has 0 saturated carbocycles. The van der Waals surface area contributed by atoms with E-state index in [1.807, 2.05) is 5.38 Å². The fourth-order valence-electron chi connectivity index (χ4n) is 1.88. The molecule has 0 aliphatic rings. The van der Waals surface area contributed by atoms with Crippen LogP contribution >= 0.6 is 11.3 Å². The molecule has 0 radical (unpaired) electrons. The number of aromatic nitrogens is 1. The van der Waals surface area contributed by atoms with Gasteiger partial charge in [0.2, 0.25) is 0 Å². The van der Waals surface area contributed by atoms with E-state index in [1.165, 1.54) is 23.5 Å². The normalized spacial score (nSPS) is 10.3. The largest absolute Gasteiger partial charge is 0.489 e. The maximum absolute atomic E-state index is 12.8. The fourth-order valence-corrected chi connectivity index (χ4v) is 2.67. The molecule has 116 valence electrons. The van der Waals surface area contributed by atoms with Crippen molar-refractivity contribution >= 4 is 23.1 Å². The number of carbonyl (C=O) groups is 1. The molecule has 0 aliphatic carbocycles. The van der Waals surface area contributed by atoms with Gasteiger partial charge < -0.3 is 10.1 Å². The molecule has 0 saturated heterocycles. The summed E-state index contributed by atoms with van der Waals surface area (Å²) in [6.07, 6.45) is 1.62. The second-order valence-corrected chi connectivity index (χ2v) is 5.64. The summed E-state index contributed by atoms with van der Waals surface area (Å²) in [5.41, 5.74) is 0.880. The topological polar surface area (TPSA) is 51.2 Å². The van der Waals surface area contributed by atoms with Crippen molar-refractivity contribution in [1.82, 2.24) is 4.98 Å². The number of halogens is 1. The summed E-state index contributed by atoms with van der Waals surface area (Å²) in [5, 5.41) is 4.59. The SMILES string of the molecule is O=C(Nc1ccccn1)c1cc(COc2ccc(F)cc2)cs1. The number of nitrogens with one attached hydrogen (secondary N) is 1.